The standard InChI is InChI=1S/C17H17BFNO6S.C16H15BFNO6S/c1-25-17(21)7-10-4-13(20)2-3-16(10)27(23,24)9-12-5-14-11(6-15(12)19)8-26-18(14)22;18-14-5-10-7-25-17(22)13(10)4-11(14)8-26(23,24)15-2-1-12(19)3-9(15)6-16(20)21/h2-6,22H,7-9,20H2,1H3;1-5,22H,6-8,19H2,(H,20,21)/i1D3;. The highest BCUT2D eigenvalue weighted by atomic mass is 32.2. The Morgan fingerprint density at radius 2 is 1.19 bits per heavy atom. The highest BCUT2D eigenvalue weighted by molar-refractivity contribution is 7.91. The van der Waals surface area contributed by atoms with Crippen molar-refractivity contribution in [3.63, 3.8) is 0 Å². The van der Waals surface area contributed by atoms with E-state index in [0.29, 0.717) is 16.6 Å². The largest absolute Gasteiger partial charge is 0.491 e. The molecule has 0 bridgehead atoms. The van der Waals surface area contributed by atoms with Crippen LogP contribution in [0.1, 0.15) is 37.5 Å². The zero-order valence-electron chi connectivity index (χ0n) is 30.4. The van der Waals surface area contributed by atoms with Crippen molar-refractivity contribution in [2.24, 2.45) is 0 Å². The molecule has 278 valence electrons. The number of carboxylic acid groups (broad SMARTS) is 1. The molecule has 2 aliphatic heterocycles. The second-order valence-corrected chi connectivity index (χ2v) is 16.0. The minimum Gasteiger partial charge on any atom is -0.481 e. The molecule has 0 saturated heterocycles. The summed E-state index contributed by atoms with van der Waals surface area (Å²) in [5.74, 6) is -5.34. The molecule has 0 amide bonds. The van der Waals surface area contributed by atoms with Crippen molar-refractivity contribution in [3.05, 3.63) is 106 Å². The van der Waals surface area contributed by atoms with Gasteiger partial charge in [-0.25, -0.2) is 25.6 Å². The Kier molecular flexibility index (Phi) is 10.4. The predicted molar refractivity (Wildman–Crippen MR) is 188 cm³/mol. The van der Waals surface area contributed by atoms with Gasteiger partial charge in [-0.1, -0.05) is 12.1 Å². The molecule has 2 aliphatic rings. The lowest BCUT2D eigenvalue weighted by molar-refractivity contribution is -0.140. The van der Waals surface area contributed by atoms with Gasteiger partial charge in [0, 0.05) is 22.5 Å². The van der Waals surface area contributed by atoms with Gasteiger partial charge in [-0.05, 0) is 81.7 Å². The summed E-state index contributed by atoms with van der Waals surface area (Å²) in [6.45, 7) is 0.0509. The molecule has 20 heteroatoms. The number of ether oxygens (including phenoxy) is 1. The van der Waals surface area contributed by atoms with Gasteiger partial charge in [0.1, 0.15) is 11.6 Å². The first-order valence-corrected chi connectivity index (χ1v) is 18.7. The number of carbonyl (C=O) groups excluding carboxylic acids is 1. The van der Waals surface area contributed by atoms with Gasteiger partial charge in [-0.3, -0.25) is 9.59 Å². The fraction of sp³-hybridized carbons (Fsp3) is 0.212. The van der Waals surface area contributed by atoms with Gasteiger partial charge in [-0.2, -0.15) is 0 Å². The van der Waals surface area contributed by atoms with Crippen molar-refractivity contribution in [1.29, 1.82) is 0 Å². The van der Waals surface area contributed by atoms with E-state index >= 15 is 0 Å². The van der Waals surface area contributed by atoms with Crippen LogP contribution in [0, 0.1) is 11.6 Å². The minimum atomic E-state index is -4.17. The number of hydrogen-bond donors (Lipinski definition) is 5. The molecular formula is C33H32B2F2N2O12S2. The number of aliphatic carboxylic acids is 1. The van der Waals surface area contributed by atoms with Crippen LogP contribution in [-0.2, 0) is 80.9 Å². The van der Waals surface area contributed by atoms with Crippen molar-refractivity contribution in [2.45, 2.75) is 47.4 Å². The third-order valence-electron chi connectivity index (χ3n) is 8.26. The van der Waals surface area contributed by atoms with E-state index in [9.17, 15) is 45.3 Å². The first-order chi connectivity index (χ1) is 26.0. The number of nitrogens with two attached hydrogens (primary N) is 2. The maximum absolute atomic E-state index is 14.4. The third kappa shape index (κ3) is 9.03. The minimum absolute atomic E-state index is 0.00810. The molecule has 0 spiro atoms. The molecule has 6 rings (SSSR count). The number of methoxy groups -OCH3 is 1. The summed E-state index contributed by atoms with van der Waals surface area (Å²) in [6, 6.07) is 12.2. The van der Waals surface area contributed by atoms with Crippen molar-refractivity contribution in [1.82, 2.24) is 0 Å². The van der Waals surface area contributed by atoms with Crippen molar-refractivity contribution >= 4 is 68.2 Å². The number of esters is 1. The summed E-state index contributed by atoms with van der Waals surface area (Å²) < 4.78 is 115. The number of nitrogen functional groups attached to an aromatic ring is 2. The first kappa shape index (κ1) is 35.2. The van der Waals surface area contributed by atoms with Crippen LogP contribution in [-0.4, -0.2) is 65.2 Å². The summed E-state index contributed by atoms with van der Waals surface area (Å²) in [7, 11) is -13.7. The van der Waals surface area contributed by atoms with Crippen LogP contribution in [0.2, 0.25) is 0 Å². The highest BCUT2D eigenvalue weighted by Crippen LogP contribution is 2.27. The molecule has 4 aromatic carbocycles. The number of sulfone groups is 2. The second-order valence-electron chi connectivity index (χ2n) is 12.1. The fourth-order valence-corrected chi connectivity index (χ4v) is 8.99. The monoisotopic (exact) mass is 775 g/mol. The number of hydrogen-bond acceptors (Lipinski definition) is 13. The molecule has 0 fully saturated rings. The van der Waals surface area contributed by atoms with E-state index in [1.807, 2.05) is 0 Å². The number of anilines is 2. The van der Waals surface area contributed by atoms with Gasteiger partial charge < -0.3 is 40.7 Å². The summed E-state index contributed by atoms with van der Waals surface area (Å²) in [4.78, 5) is 22.3. The Bertz CT molecular complexity index is 2440. The van der Waals surface area contributed by atoms with Crippen LogP contribution in [0.5, 0.6) is 0 Å². The molecule has 0 aromatic heterocycles. The molecule has 53 heavy (non-hydrogen) atoms. The highest BCUT2D eigenvalue weighted by Gasteiger charge is 2.32. The Hall–Kier alpha value is -4.85. The maximum Gasteiger partial charge on any atom is 0.491 e. The van der Waals surface area contributed by atoms with Crippen LogP contribution >= 0.6 is 0 Å². The molecule has 0 atom stereocenters. The molecule has 4 aromatic rings. The molecule has 2 heterocycles. The quantitative estimate of drug-likeness (QED) is 0.0840. The van der Waals surface area contributed by atoms with Gasteiger partial charge >= 0.3 is 26.2 Å². The predicted octanol–water partition coefficient (Wildman–Crippen LogP) is 0.542. The lowest BCUT2D eigenvalue weighted by atomic mass is 9.79. The zero-order valence-corrected chi connectivity index (χ0v) is 29.0. The maximum atomic E-state index is 14.4. The SMILES string of the molecule is Nc1ccc(S(=O)(=O)Cc2cc3c(cc2F)COB3O)c(CC(=O)O)c1.[2H]C([2H])([2H])OC(=O)Cc1cc(N)ccc1S(=O)(=O)Cc1cc2c(cc1F)COB2O. The fourth-order valence-electron chi connectivity index (χ4n) is 5.81. The Balaban J connectivity index is 0.000000216. The molecule has 14 nitrogen and oxygen atoms in total. The lowest BCUT2D eigenvalue weighted by Gasteiger charge is -2.12. The lowest BCUT2D eigenvalue weighted by Crippen LogP contribution is -2.29. The first-order valence-electron chi connectivity index (χ1n) is 16.9. The molecular weight excluding hydrogens is 740 g/mol. The molecule has 0 radical (unpaired) electrons. The number of fused-ring (bicyclic) bond motifs is 2. The van der Waals surface area contributed by atoms with Gasteiger partial charge in [-0.15, -0.1) is 0 Å². The van der Waals surface area contributed by atoms with Crippen LogP contribution in [0.3, 0.4) is 0 Å². The second kappa shape index (κ2) is 15.6. The summed E-state index contributed by atoms with van der Waals surface area (Å²) in [6.07, 6.45) is -1.18. The normalized spacial score (nSPS) is 14.7. The van der Waals surface area contributed by atoms with Gasteiger partial charge in [0.05, 0.1) is 58.5 Å². The number of carboxylic acids is 1. The van der Waals surface area contributed by atoms with Crippen LogP contribution in [0.25, 0.3) is 0 Å². The molecule has 0 aliphatic carbocycles. The average Bonchev–Trinajstić information content (AvgIpc) is 3.60. The number of halogens is 2. The number of rotatable bonds is 10. The summed E-state index contributed by atoms with van der Waals surface area (Å²) >= 11 is 0. The van der Waals surface area contributed by atoms with Gasteiger partial charge in [0.25, 0.3) is 0 Å². The Morgan fingerprint density at radius 1 is 0.755 bits per heavy atom. The zero-order chi connectivity index (χ0) is 41.3. The van der Waals surface area contributed by atoms with E-state index in [2.05, 4.69) is 4.74 Å². The van der Waals surface area contributed by atoms with Gasteiger partial charge in [0.2, 0.25) is 0 Å². The van der Waals surface area contributed by atoms with E-state index < -0.39 is 88.9 Å². The number of benzene rings is 4. The smallest absolute Gasteiger partial charge is 0.481 e. The number of carbonyl (C=O) groups is 2. The third-order valence-corrected chi connectivity index (χ3v) is 11.8. The van der Waals surface area contributed by atoms with E-state index in [1.165, 1.54) is 42.5 Å². The van der Waals surface area contributed by atoms with Crippen molar-refractivity contribution in [2.75, 3.05) is 18.5 Å². The summed E-state index contributed by atoms with van der Waals surface area (Å²) in [5, 5.41) is 28.5. The molecule has 0 saturated carbocycles. The van der Waals surface area contributed by atoms with Crippen LogP contribution in [0.4, 0.5) is 20.2 Å². The average molecular weight is 775 g/mol. The van der Waals surface area contributed by atoms with Crippen molar-refractivity contribution in [3.8, 4) is 0 Å². The topological polar surface area (TPSA) is 243 Å². The van der Waals surface area contributed by atoms with Gasteiger partial charge in [0.15, 0.2) is 19.7 Å². The summed E-state index contributed by atoms with van der Waals surface area (Å²) in [5.41, 5.74) is 12.8. The molecule has 0 unspecified atom stereocenters. The van der Waals surface area contributed by atoms with E-state index in [4.69, 9.17) is 30.0 Å². The Morgan fingerprint density at radius 3 is 1.60 bits per heavy atom. The van der Waals surface area contributed by atoms with E-state index in [1.54, 1.807) is 0 Å². The van der Waals surface area contributed by atoms with E-state index in [-0.39, 0.29) is 62.1 Å². The Labute approximate surface area is 307 Å². The van der Waals surface area contributed by atoms with Crippen LogP contribution < -0.4 is 22.4 Å². The molecule has 7 N–H and O–H groups in total. The van der Waals surface area contributed by atoms with Crippen LogP contribution in [0.15, 0.2) is 70.5 Å². The van der Waals surface area contributed by atoms with E-state index in [0.717, 1.165) is 18.2 Å². The van der Waals surface area contributed by atoms with Crippen molar-refractivity contribution < 1.29 is 68.5 Å².